The molecule has 0 aliphatic carbocycles. The lowest BCUT2D eigenvalue weighted by Gasteiger charge is -2.32. The van der Waals surface area contributed by atoms with E-state index >= 15 is 0 Å². The molecule has 3 rings (SSSR count). The third-order valence-electron chi connectivity index (χ3n) is 6.96. The number of hydrogen-bond donors (Lipinski definition) is 1. The summed E-state index contributed by atoms with van der Waals surface area (Å²) in [5.41, 5.74) is 2.80. The highest BCUT2D eigenvalue weighted by Gasteiger charge is 2.33. The zero-order chi connectivity index (χ0) is 31.7. The molecule has 0 aliphatic heterocycles. The molecule has 232 valence electrons. The van der Waals surface area contributed by atoms with E-state index in [-0.39, 0.29) is 23.1 Å². The monoisotopic (exact) mass is 673 g/mol. The van der Waals surface area contributed by atoms with Crippen molar-refractivity contribution in [1.29, 1.82) is 0 Å². The molecule has 2 amide bonds. The van der Waals surface area contributed by atoms with E-state index in [1.807, 2.05) is 51.1 Å². The molecule has 1 N–H and O–H groups in total. The number of nitrogens with zero attached hydrogens (tertiary/aromatic N) is 2. The topological polar surface area (TPSA) is 105 Å². The van der Waals surface area contributed by atoms with Gasteiger partial charge < -0.3 is 19.7 Å². The van der Waals surface area contributed by atoms with Crippen molar-refractivity contribution in [2.45, 2.75) is 58.0 Å². The molecular weight excluding hydrogens is 634 g/mol. The number of benzene rings is 3. The molecule has 0 radical (unpaired) electrons. The first kappa shape index (κ1) is 33.9. The number of halogens is 1. The molecule has 3 aromatic rings. The molecule has 0 heterocycles. The number of carbonyl (C=O) groups excluding carboxylic acids is 2. The Morgan fingerprint density at radius 3 is 2.23 bits per heavy atom. The average molecular weight is 675 g/mol. The highest BCUT2D eigenvalue weighted by Crippen LogP contribution is 2.33. The van der Waals surface area contributed by atoms with E-state index in [1.54, 1.807) is 19.1 Å². The zero-order valence-corrected chi connectivity index (χ0v) is 27.9. The Labute approximate surface area is 263 Å². The van der Waals surface area contributed by atoms with E-state index in [0.717, 1.165) is 38.3 Å². The fourth-order valence-corrected chi connectivity index (χ4v) is 6.54. The van der Waals surface area contributed by atoms with Crippen LogP contribution in [0.3, 0.4) is 0 Å². The van der Waals surface area contributed by atoms with Crippen LogP contribution in [-0.4, -0.2) is 58.5 Å². The molecule has 3 aromatic carbocycles. The lowest BCUT2D eigenvalue weighted by atomic mass is 10.1. The second-order valence-electron chi connectivity index (χ2n) is 10.3. The van der Waals surface area contributed by atoms with E-state index in [2.05, 4.69) is 21.2 Å². The first-order valence-electron chi connectivity index (χ1n) is 14.1. The number of carbonyl (C=O) groups is 2. The van der Waals surface area contributed by atoms with Gasteiger partial charge in [0.25, 0.3) is 10.0 Å². The van der Waals surface area contributed by atoms with Crippen LogP contribution in [0.4, 0.5) is 5.69 Å². The number of aryl methyl sites for hydroxylation is 2. The summed E-state index contributed by atoms with van der Waals surface area (Å²) in [6.45, 7) is 7.47. The van der Waals surface area contributed by atoms with Crippen LogP contribution >= 0.6 is 15.9 Å². The summed E-state index contributed by atoms with van der Waals surface area (Å²) < 4.78 is 41.0. The van der Waals surface area contributed by atoms with Gasteiger partial charge in [0, 0.05) is 23.6 Å². The zero-order valence-electron chi connectivity index (χ0n) is 25.5. The van der Waals surface area contributed by atoms with Gasteiger partial charge in [0.1, 0.15) is 12.6 Å². The lowest BCUT2D eigenvalue weighted by molar-refractivity contribution is -0.139. The van der Waals surface area contributed by atoms with Crippen LogP contribution in [0, 0.1) is 13.8 Å². The standard InChI is InChI=1S/C32H40BrN3O6S/c1-7-8-14-34-32(38)24(4)35(20-25-10-9-11-26(33)18-25)31(37)21-36(27-16-22(2)15-23(3)17-27)43(39,40)28-12-13-29(41-5)30(19-28)42-6/h9-13,15-19,24H,7-8,14,20-21H2,1-6H3,(H,34,38). The molecule has 0 saturated carbocycles. The van der Waals surface area contributed by atoms with Crippen molar-refractivity contribution in [3.8, 4) is 11.5 Å². The minimum atomic E-state index is -4.27. The molecule has 0 aliphatic rings. The quantitative estimate of drug-likeness (QED) is 0.223. The van der Waals surface area contributed by atoms with Gasteiger partial charge in [-0.3, -0.25) is 13.9 Å². The van der Waals surface area contributed by atoms with Gasteiger partial charge in [0.15, 0.2) is 11.5 Å². The van der Waals surface area contributed by atoms with Gasteiger partial charge in [-0.2, -0.15) is 0 Å². The van der Waals surface area contributed by atoms with Gasteiger partial charge in [-0.1, -0.05) is 47.5 Å². The van der Waals surface area contributed by atoms with Gasteiger partial charge >= 0.3 is 0 Å². The molecule has 0 bridgehead atoms. The van der Waals surface area contributed by atoms with E-state index in [4.69, 9.17) is 9.47 Å². The van der Waals surface area contributed by atoms with Gasteiger partial charge in [0.05, 0.1) is 24.8 Å². The van der Waals surface area contributed by atoms with Crippen LogP contribution < -0.4 is 19.1 Å². The third-order valence-corrected chi connectivity index (χ3v) is 9.22. The largest absolute Gasteiger partial charge is 0.493 e. The molecular formula is C32H40BrN3O6S. The van der Waals surface area contributed by atoms with E-state index in [9.17, 15) is 18.0 Å². The Morgan fingerprint density at radius 2 is 1.63 bits per heavy atom. The van der Waals surface area contributed by atoms with Crippen LogP contribution in [0.25, 0.3) is 0 Å². The minimum absolute atomic E-state index is 0.0685. The highest BCUT2D eigenvalue weighted by molar-refractivity contribution is 9.10. The Kier molecular flexibility index (Phi) is 12.0. The number of anilines is 1. The number of rotatable bonds is 14. The highest BCUT2D eigenvalue weighted by atomic mass is 79.9. The number of unbranched alkanes of at least 4 members (excludes halogenated alkanes) is 1. The predicted molar refractivity (Wildman–Crippen MR) is 172 cm³/mol. The van der Waals surface area contributed by atoms with Crippen molar-refractivity contribution >= 4 is 43.5 Å². The molecule has 1 atom stereocenters. The van der Waals surface area contributed by atoms with Crippen LogP contribution in [0.5, 0.6) is 11.5 Å². The first-order chi connectivity index (χ1) is 20.4. The summed E-state index contributed by atoms with van der Waals surface area (Å²) in [6.07, 6.45) is 1.72. The number of methoxy groups -OCH3 is 2. The Morgan fingerprint density at radius 1 is 0.953 bits per heavy atom. The van der Waals surface area contributed by atoms with Crippen molar-refractivity contribution in [2.24, 2.45) is 0 Å². The molecule has 1 unspecified atom stereocenters. The maximum absolute atomic E-state index is 14.2. The number of sulfonamides is 1. The van der Waals surface area contributed by atoms with Crippen LogP contribution in [0.15, 0.2) is 70.0 Å². The van der Waals surface area contributed by atoms with Crippen molar-refractivity contribution in [3.63, 3.8) is 0 Å². The second-order valence-corrected chi connectivity index (χ2v) is 13.1. The van der Waals surface area contributed by atoms with Crippen LogP contribution in [0.2, 0.25) is 0 Å². The van der Waals surface area contributed by atoms with Crippen molar-refractivity contribution in [3.05, 3.63) is 81.8 Å². The number of hydrogen-bond acceptors (Lipinski definition) is 6. The fraction of sp³-hybridized carbons (Fsp3) is 0.375. The summed E-state index contributed by atoms with van der Waals surface area (Å²) in [6, 6.07) is 16.2. The van der Waals surface area contributed by atoms with E-state index in [1.165, 1.54) is 37.3 Å². The van der Waals surface area contributed by atoms with Gasteiger partial charge in [-0.15, -0.1) is 0 Å². The Balaban J connectivity index is 2.08. The molecule has 0 spiro atoms. The minimum Gasteiger partial charge on any atom is -0.493 e. The molecule has 9 nitrogen and oxygen atoms in total. The normalized spacial score (nSPS) is 11.9. The SMILES string of the molecule is CCCCNC(=O)C(C)N(Cc1cccc(Br)c1)C(=O)CN(c1cc(C)cc(C)c1)S(=O)(=O)c1ccc(OC)c(OC)c1. The average Bonchev–Trinajstić information content (AvgIpc) is 2.97. The number of amides is 2. The summed E-state index contributed by atoms with van der Waals surface area (Å²) in [5.74, 6) is -0.221. The summed E-state index contributed by atoms with van der Waals surface area (Å²) in [5, 5.41) is 2.90. The lowest BCUT2D eigenvalue weighted by Crippen LogP contribution is -2.51. The summed E-state index contributed by atoms with van der Waals surface area (Å²) in [7, 11) is -1.39. The van der Waals surface area contributed by atoms with Gasteiger partial charge in [0.2, 0.25) is 11.8 Å². The Hall–Kier alpha value is -3.57. The van der Waals surface area contributed by atoms with Gasteiger partial charge in [-0.25, -0.2) is 8.42 Å². The summed E-state index contributed by atoms with van der Waals surface area (Å²) in [4.78, 5) is 28.6. The number of nitrogens with one attached hydrogen (secondary N) is 1. The van der Waals surface area contributed by atoms with Crippen LogP contribution in [-0.2, 0) is 26.2 Å². The molecule has 0 saturated heterocycles. The smallest absolute Gasteiger partial charge is 0.264 e. The van der Waals surface area contributed by atoms with Crippen molar-refractivity contribution in [1.82, 2.24) is 10.2 Å². The maximum Gasteiger partial charge on any atom is 0.264 e. The fourth-order valence-electron chi connectivity index (χ4n) is 4.68. The molecule has 0 fully saturated rings. The number of ether oxygens (including phenoxy) is 2. The van der Waals surface area contributed by atoms with Gasteiger partial charge in [-0.05, 0) is 80.3 Å². The van der Waals surface area contributed by atoms with E-state index in [0.29, 0.717) is 18.0 Å². The molecule has 11 heteroatoms. The first-order valence-corrected chi connectivity index (χ1v) is 16.3. The Bertz CT molecular complexity index is 1530. The summed E-state index contributed by atoms with van der Waals surface area (Å²) >= 11 is 3.47. The maximum atomic E-state index is 14.2. The predicted octanol–water partition coefficient (Wildman–Crippen LogP) is 5.61. The molecule has 43 heavy (non-hydrogen) atoms. The third kappa shape index (κ3) is 8.73. The second kappa shape index (κ2) is 15.2. The van der Waals surface area contributed by atoms with Crippen LogP contribution in [0.1, 0.15) is 43.4 Å². The van der Waals surface area contributed by atoms with Crippen molar-refractivity contribution in [2.75, 3.05) is 31.6 Å². The van der Waals surface area contributed by atoms with Crippen molar-refractivity contribution < 1.29 is 27.5 Å². The molecule has 0 aromatic heterocycles. The van der Waals surface area contributed by atoms with E-state index < -0.39 is 28.5 Å².